The SMILES string of the molecule is CC1=Nc2ccccc2N=C(NC(=O)CSC(=S)N2C[C@H](C)C[C@H](C)C2)[C@@H]1c1ccccc1. The van der Waals surface area contributed by atoms with E-state index in [1.807, 2.05) is 61.5 Å². The van der Waals surface area contributed by atoms with Crippen LogP contribution in [0.1, 0.15) is 38.7 Å². The number of thioether (sulfide) groups is 1. The average Bonchev–Trinajstić information content (AvgIpc) is 2.92. The molecule has 3 atom stereocenters. The molecule has 0 saturated carbocycles. The normalized spacial score (nSPS) is 22.5. The maximum Gasteiger partial charge on any atom is 0.235 e. The number of nitrogens with one attached hydrogen (secondary N) is 1. The number of amides is 1. The van der Waals surface area contributed by atoms with E-state index in [4.69, 9.17) is 22.2 Å². The number of fused-ring (bicyclic) bond motifs is 1. The van der Waals surface area contributed by atoms with Gasteiger partial charge in [0.1, 0.15) is 10.2 Å². The highest BCUT2D eigenvalue weighted by Crippen LogP contribution is 2.34. The number of benzene rings is 2. The maximum absolute atomic E-state index is 13.0. The lowest BCUT2D eigenvalue weighted by molar-refractivity contribution is -0.117. The van der Waals surface area contributed by atoms with Crippen LogP contribution in [-0.4, -0.2) is 45.5 Å². The van der Waals surface area contributed by atoms with Crippen molar-refractivity contribution in [2.75, 3.05) is 18.8 Å². The summed E-state index contributed by atoms with van der Waals surface area (Å²) in [5, 5.41) is 3.09. The Bertz CT molecular complexity index is 1070. The number of carbonyl (C=O) groups is 1. The number of hydrogen-bond acceptors (Lipinski definition) is 5. The molecule has 1 N–H and O–H groups in total. The fourth-order valence-corrected chi connectivity index (χ4v) is 5.64. The number of amidine groups is 1. The van der Waals surface area contributed by atoms with Gasteiger partial charge in [-0.15, -0.1) is 0 Å². The van der Waals surface area contributed by atoms with Gasteiger partial charge in [-0.3, -0.25) is 9.79 Å². The molecule has 2 aromatic rings. The molecule has 0 aromatic heterocycles. The van der Waals surface area contributed by atoms with Crippen molar-refractivity contribution in [3.63, 3.8) is 0 Å². The van der Waals surface area contributed by atoms with Crippen LogP contribution in [0.3, 0.4) is 0 Å². The standard InChI is InChI=1S/C26H30N4OS2/c1-17-13-18(2)15-30(14-17)26(32)33-16-23(31)29-25-24(20-9-5-4-6-10-20)19(3)27-21-11-7-8-12-22(21)28-25/h4-12,17-18,24H,13-16H2,1-3H3,(H,28,29,31)/t17-,18+,24-/m0/s1. The van der Waals surface area contributed by atoms with Crippen molar-refractivity contribution in [1.82, 2.24) is 10.2 Å². The quantitative estimate of drug-likeness (QED) is 0.574. The van der Waals surface area contributed by atoms with E-state index in [2.05, 4.69) is 24.1 Å². The fourth-order valence-electron chi connectivity index (χ4n) is 4.65. The van der Waals surface area contributed by atoms with E-state index in [9.17, 15) is 4.79 Å². The number of nitrogens with zero attached hydrogens (tertiary/aromatic N) is 3. The van der Waals surface area contributed by atoms with E-state index >= 15 is 0 Å². The molecule has 0 bridgehead atoms. The summed E-state index contributed by atoms with van der Waals surface area (Å²) >= 11 is 7.09. The molecule has 0 unspecified atom stereocenters. The summed E-state index contributed by atoms with van der Waals surface area (Å²) in [5.41, 5.74) is 3.50. The van der Waals surface area contributed by atoms with Gasteiger partial charge in [-0.05, 0) is 42.9 Å². The van der Waals surface area contributed by atoms with Crippen molar-refractivity contribution in [2.24, 2.45) is 21.8 Å². The lowest BCUT2D eigenvalue weighted by Gasteiger charge is -2.36. The number of rotatable bonds is 3. The number of hydrogen-bond donors (Lipinski definition) is 1. The lowest BCUT2D eigenvalue weighted by atomic mass is 9.92. The van der Waals surface area contributed by atoms with Crippen molar-refractivity contribution in [3.05, 3.63) is 60.2 Å². The highest BCUT2D eigenvalue weighted by atomic mass is 32.2. The molecule has 172 valence electrons. The first-order valence-electron chi connectivity index (χ1n) is 11.4. The van der Waals surface area contributed by atoms with Crippen LogP contribution in [0.25, 0.3) is 0 Å². The van der Waals surface area contributed by atoms with Crippen LogP contribution in [0.15, 0.2) is 64.6 Å². The monoisotopic (exact) mass is 478 g/mol. The third kappa shape index (κ3) is 5.89. The van der Waals surface area contributed by atoms with E-state index < -0.39 is 0 Å². The van der Waals surface area contributed by atoms with E-state index in [0.717, 1.165) is 40.1 Å². The van der Waals surface area contributed by atoms with Gasteiger partial charge in [0.25, 0.3) is 0 Å². The van der Waals surface area contributed by atoms with Gasteiger partial charge in [0.05, 0.1) is 23.0 Å². The van der Waals surface area contributed by atoms with Crippen LogP contribution in [-0.2, 0) is 4.79 Å². The van der Waals surface area contributed by atoms with Crippen molar-refractivity contribution in [2.45, 2.75) is 33.1 Å². The first kappa shape index (κ1) is 23.6. The van der Waals surface area contributed by atoms with Crippen LogP contribution in [0.4, 0.5) is 11.4 Å². The highest BCUT2D eigenvalue weighted by Gasteiger charge is 2.27. The van der Waals surface area contributed by atoms with Gasteiger partial charge in [0.15, 0.2) is 0 Å². The summed E-state index contributed by atoms with van der Waals surface area (Å²) in [6.07, 6.45) is 1.23. The Kier molecular flexibility index (Phi) is 7.60. The Balaban J connectivity index is 1.50. The van der Waals surface area contributed by atoms with Gasteiger partial charge in [-0.25, -0.2) is 4.99 Å². The van der Waals surface area contributed by atoms with Crippen LogP contribution < -0.4 is 5.32 Å². The molecule has 0 radical (unpaired) electrons. The topological polar surface area (TPSA) is 57.1 Å². The van der Waals surface area contributed by atoms with Crippen molar-refractivity contribution < 1.29 is 4.79 Å². The number of thiocarbonyl (C=S) groups is 1. The van der Waals surface area contributed by atoms with Gasteiger partial charge in [0, 0.05) is 18.8 Å². The molecule has 4 rings (SSSR count). The molecule has 1 amide bonds. The molecule has 0 aliphatic carbocycles. The Labute approximate surface area is 205 Å². The molecule has 1 fully saturated rings. The Hall–Kier alpha value is -2.51. The minimum absolute atomic E-state index is 0.104. The van der Waals surface area contributed by atoms with E-state index in [1.165, 1.54) is 18.2 Å². The Morgan fingerprint density at radius 1 is 1.03 bits per heavy atom. The summed E-state index contributed by atoms with van der Waals surface area (Å²) in [7, 11) is 0. The third-order valence-corrected chi connectivity index (χ3v) is 7.49. The van der Waals surface area contributed by atoms with Crippen molar-refractivity contribution in [3.8, 4) is 0 Å². The van der Waals surface area contributed by atoms with Gasteiger partial charge < -0.3 is 10.2 Å². The van der Waals surface area contributed by atoms with E-state index in [1.54, 1.807) is 0 Å². The number of aliphatic imine (C=N–C) groups is 2. The predicted octanol–water partition coefficient (Wildman–Crippen LogP) is 5.72. The van der Waals surface area contributed by atoms with Gasteiger partial charge in [0.2, 0.25) is 5.91 Å². The summed E-state index contributed by atoms with van der Waals surface area (Å²) in [6.45, 7) is 8.45. The zero-order valence-corrected chi connectivity index (χ0v) is 21.0. The predicted molar refractivity (Wildman–Crippen MR) is 143 cm³/mol. The summed E-state index contributed by atoms with van der Waals surface area (Å²) in [6, 6.07) is 17.8. The van der Waals surface area contributed by atoms with E-state index in [0.29, 0.717) is 17.7 Å². The zero-order valence-electron chi connectivity index (χ0n) is 19.3. The van der Waals surface area contributed by atoms with Gasteiger partial charge in [-0.2, -0.15) is 0 Å². The summed E-state index contributed by atoms with van der Waals surface area (Å²) < 4.78 is 0.800. The van der Waals surface area contributed by atoms with Crippen molar-refractivity contribution >= 4 is 57.1 Å². The maximum atomic E-state index is 13.0. The molecule has 2 aliphatic heterocycles. The molecule has 1 saturated heterocycles. The molecule has 5 nitrogen and oxygen atoms in total. The second kappa shape index (κ2) is 10.6. The largest absolute Gasteiger partial charge is 0.357 e. The van der Waals surface area contributed by atoms with Gasteiger partial charge in [-0.1, -0.05) is 80.3 Å². The van der Waals surface area contributed by atoms with E-state index in [-0.39, 0.29) is 17.6 Å². The minimum atomic E-state index is -0.219. The second-order valence-electron chi connectivity index (χ2n) is 9.04. The lowest BCUT2D eigenvalue weighted by Crippen LogP contribution is -2.42. The molecule has 2 aromatic carbocycles. The number of para-hydroxylation sites is 2. The highest BCUT2D eigenvalue weighted by molar-refractivity contribution is 8.23. The molecular weight excluding hydrogens is 448 g/mol. The first-order valence-corrected chi connectivity index (χ1v) is 12.8. The molecule has 2 aliphatic rings. The molecule has 0 spiro atoms. The van der Waals surface area contributed by atoms with Crippen LogP contribution in [0.5, 0.6) is 0 Å². The summed E-state index contributed by atoms with van der Waals surface area (Å²) in [4.78, 5) is 24.9. The van der Waals surface area contributed by atoms with Crippen LogP contribution in [0.2, 0.25) is 0 Å². The fraction of sp³-hybridized carbons (Fsp3) is 0.385. The first-order chi connectivity index (χ1) is 15.9. The average molecular weight is 479 g/mol. The number of carbonyl (C=O) groups excluding carboxylic acids is 1. The number of likely N-dealkylation sites (tertiary alicyclic amines) is 1. The molecule has 2 heterocycles. The molecular formula is C26H30N4OS2. The van der Waals surface area contributed by atoms with Crippen LogP contribution >= 0.6 is 24.0 Å². The van der Waals surface area contributed by atoms with Crippen LogP contribution in [0, 0.1) is 11.8 Å². The van der Waals surface area contributed by atoms with Gasteiger partial charge >= 0.3 is 0 Å². The Morgan fingerprint density at radius 3 is 2.30 bits per heavy atom. The number of piperidine rings is 1. The van der Waals surface area contributed by atoms with Crippen molar-refractivity contribution in [1.29, 1.82) is 0 Å². The molecule has 7 heteroatoms. The Morgan fingerprint density at radius 2 is 1.64 bits per heavy atom. The third-order valence-electron chi connectivity index (χ3n) is 5.96. The minimum Gasteiger partial charge on any atom is -0.357 e. The zero-order chi connectivity index (χ0) is 23.4. The summed E-state index contributed by atoms with van der Waals surface area (Å²) in [5.74, 6) is 1.78. The smallest absolute Gasteiger partial charge is 0.235 e. The molecule has 33 heavy (non-hydrogen) atoms. The second-order valence-corrected chi connectivity index (χ2v) is 10.6.